The van der Waals surface area contributed by atoms with E-state index in [1.165, 1.54) is 0 Å². The summed E-state index contributed by atoms with van der Waals surface area (Å²) in [6, 6.07) is 3.98. The number of pyridine rings is 1. The van der Waals surface area contributed by atoms with Crippen LogP contribution in [-0.4, -0.2) is 68.0 Å². The average molecular weight is 377 g/mol. The van der Waals surface area contributed by atoms with Crippen LogP contribution in [0.1, 0.15) is 38.2 Å². The topological polar surface area (TPSA) is 68.2 Å². The van der Waals surface area contributed by atoms with E-state index in [9.17, 15) is 0 Å². The van der Waals surface area contributed by atoms with Crippen LogP contribution in [0.4, 0.5) is 0 Å². The highest BCUT2D eigenvalue weighted by molar-refractivity contribution is 5.80. The standard InChI is InChI=1S/C20H32N4O3/c1-3-4-11-27-19-16(7-5-9-22-19)14-23-20(21-2)24-10-13-26-18(15-24)17-8-6-12-25-17/h5,7,9,17-18H,3-4,6,8,10-15H2,1-2H3,(H,21,23). The predicted octanol–water partition coefficient (Wildman–Crippen LogP) is 2.22. The molecule has 1 N–H and O–H groups in total. The Kier molecular flexibility index (Phi) is 7.71. The number of aliphatic imine (C=N–C) groups is 1. The van der Waals surface area contributed by atoms with Gasteiger partial charge in [0.15, 0.2) is 5.96 Å². The number of nitrogens with one attached hydrogen (secondary N) is 1. The fourth-order valence-electron chi connectivity index (χ4n) is 3.50. The molecular weight excluding hydrogens is 344 g/mol. The molecule has 0 aromatic carbocycles. The van der Waals surface area contributed by atoms with Crippen LogP contribution >= 0.6 is 0 Å². The van der Waals surface area contributed by atoms with Crippen LogP contribution in [0.3, 0.4) is 0 Å². The lowest BCUT2D eigenvalue weighted by Crippen LogP contribution is -2.53. The number of rotatable bonds is 7. The van der Waals surface area contributed by atoms with Crippen LogP contribution in [0.5, 0.6) is 5.88 Å². The monoisotopic (exact) mass is 376 g/mol. The lowest BCUT2D eigenvalue weighted by atomic mass is 10.1. The molecule has 0 saturated carbocycles. The molecule has 1 aromatic rings. The summed E-state index contributed by atoms with van der Waals surface area (Å²) in [5.74, 6) is 1.58. The number of unbranched alkanes of at least 4 members (excludes halogenated alkanes) is 1. The Hall–Kier alpha value is -1.86. The maximum absolute atomic E-state index is 5.94. The van der Waals surface area contributed by atoms with Crippen LogP contribution in [0.25, 0.3) is 0 Å². The maximum atomic E-state index is 5.94. The van der Waals surface area contributed by atoms with Gasteiger partial charge in [-0.1, -0.05) is 19.4 Å². The van der Waals surface area contributed by atoms with Crippen molar-refractivity contribution in [2.24, 2.45) is 4.99 Å². The van der Waals surface area contributed by atoms with E-state index in [-0.39, 0.29) is 12.2 Å². The van der Waals surface area contributed by atoms with E-state index in [1.807, 2.05) is 19.2 Å². The molecule has 150 valence electrons. The van der Waals surface area contributed by atoms with Crippen LogP contribution in [0, 0.1) is 0 Å². The van der Waals surface area contributed by atoms with Crippen LogP contribution in [0.15, 0.2) is 23.3 Å². The molecule has 2 aliphatic rings. The molecule has 3 heterocycles. The van der Waals surface area contributed by atoms with Gasteiger partial charge < -0.3 is 24.4 Å². The molecular formula is C20H32N4O3. The van der Waals surface area contributed by atoms with Gasteiger partial charge in [0.05, 0.1) is 19.3 Å². The second-order valence-electron chi connectivity index (χ2n) is 6.98. The molecule has 0 amide bonds. The molecule has 2 fully saturated rings. The Morgan fingerprint density at radius 3 is 3.04 bits per heavy atom. The number of ether oxygens (including phenoxy) is 3. The van der Waals surface area contributed by atoms with Crippen molar-refractivity contribution in [1.82, 2.24) is 15.2 Å². The summed E-state index contributed by atoms with van der Waals surface area (Å²) in [5.41, 5.74) is 1.04. The smallest absolute Gasteiger partial charge is 0.218 e. The first-order valence-corrected chi connectivity index (χ1v) is 10.1. The van der Waals surface area contributed by atoms with Gasteiger partial charge in [0, 0.05) is 45.0 Å². The Morgan fingerprint density at radius 2 is 2.26 bits per heavy atom. The lowest BCUT2D eigenvalue weighted by Gasteiger charge is -2.37. The molecule has 2 unspecified atom stereocenters. The number of morpholine rings is 1. The van der Waals surface area contributed by atoms with Crippen molar-refractivity contribution in [3.8, 4) is 5.88 Å². The minimum Gasteiger partial charge on any atom is -0.477 e. The summed E-state index contributed by atoms with van der Waals surface area (Å²) in [7, 11) is 1.82. The summed E-state index contributed by atoms with van der Waals surface area (Å²) in [6.07, 6.45) is 6.44. The summed E-state index contributed by atoms with van der Waals surface area (Å²) in [6.45, 7) is 6.65. The highest BCUT2D eigenvalue weighted by Gasteiger charge is 2.32. The Labute approximate surface area is 162 Å². The Morgan fingerprint density at radius 1 is 1.37 bits per heavy atom. The van der Waals surface area contributed by atoms with Gasteiger partial charge >= 0.3 is 0 Å². The molecule has 2 saturated heterocycles. The van der Waals surface area contributed by atoms with E-state index in [0.29, 0.717) is 25.6 Å². The zero-order chi connectivity index (χ0) is 18.9. The van der Waals surface area contributed by atoms with Crippen molar-refractivity contribution in [3.05, 3.63) is 23.9 Å². The van der Waals surface area contributed by atoms with Gasteiger partial charge in [-0.3, -0.25) is 4.99 Å². The third-order valence-electron chi connectivity index (χ3n) is 5.01. The van der Waals surface area contributed by atoms with Gasteiger partial charge in [-0.25, -0.2) is 4.98 Å². The van der Waals surface area contributed by atoms with E-state index >= 15 is 0 Å². The van der Waals surface area contributed by atoms with Crippen molar-refractivity contribution < 1.29 is 14.2 Å². The number of guanidine groups is 1. The van der Waals surface area contributed by atoms with Crippen molar-refractivity contribution in [1.29, 1.82) is 0 Å². The van der Waals surface area contributed by atoms with Crippen molar-refractivity contribution in [2.45, 2.75) is 51.4 Å². The third-order valence-corrected chi connectivity index (χ3v) is 5.01. The average Bonchev–Trinajstić information content (AvgIpc) is 3.25. The van der Waals surface area contributed by atoms with Gasteiger partial charge in [-0.05, 0) is 25.3 Å². The van der Waals surface area contributed by atoms with Crippen LogP contribution in [-0.2, 0) is 16.0 Å². The fourth-order valence-corrected chi connectivity index (χ4v) is 3.50. The maximum Gasteiger partial charge on any atom is 0.218 e. The number of nitrogens with zero attached hydrogens (tertiary/aromatic N) is 3. The summed E-state index contributed by atoms with van der Waals surface area (Å²) in [5, 5.41) is 3.46. The first-order valence-electron chi connectivity index (χ1n) is 10.1. The zero-order valence-electron chi connectivity index (χ0n) is 16.5. The molecule has 7 heteroatoms. The van der Waals surface area contributed by atoms with E-state index in [0.717, 1.165) is 56.9 Å². The van der Waals surface area contributed by atoms with Crippen LogP contribution in [0.2, 0.25) is 0 Å². The third kappa shape index (κ3) is 5.56. The Bertz CT molecular complexity index is 605. The molecule has 27 heavy (non-hydrogen) atoms. The normalized spacial score (nSPS) is 23.5. The molecule has 0 radical (unpaired) electrons. The zero-order valence-corrected chi connectivity index (χ0v) is 16.5. The molecule has 0 aliphatic carbocycles. The van der Waals surface area contributed by atoms with Gasteiger partial charge in [0.2, 0.25) is 5.88 Å². The largest absolute Gasteiger partial charge is 0.477 e. The second-order valence-corrected chi connectivity index (χ2v) is 6.98. The SMILES string of the molecule is CCCCOc1ncccc1CNC(=NC)N1CCOC(C2CCCO2)C1. The van der Waals surface area contributed by atoms with Gasteiger partial charge in [0.1, 0.15) is 6.10 Å². The summed E-state index contributed by atoms with van der Waals surface area (Å²) in [4.78, 5) is 11.1. The fraction of sp³-hybridized carbons (Fsp3) is 0.700. The molecule has 2 atom stereocenters. The molecule has 1 aromatic heterocycles. The van der Waals surface area contributed by atoms with E-state index < -0.39 is 0 Å². The van der Waals surface area contributed by atoms with Crippen molar-refractivity contribution in [2.75, 3.05) is 40.0 Å². The number of hydrogen-bond acceptors (Lipinski definition) is 5. The molecule has 0 bridgehead atoms. The first-order chi connectivity index (χ1) is 13.3. The van der Waals surface area contributed by atoms with Crippen LogP contribution < -0.4 is 10.1 Å². The molecule has 3 rings (SSSR count). The highest BCUT2D eigenvalue weighted by Crippen LogP contribution is 2.21. The Balaban J connectivity index is 1.56. The van der Waals surface area contributed by atoms with Gasteiger partial charge in [-0.2, -0.15) is 0 Å². The predicted molar refractivity (Wildman–Crippen MR) is 105 cm³/mol. The summed E-state index contributed by atoms with van der Waals surface area (Å²) < 4.78 is 17.6. The quantitative estimate of drug-likeness (QED) is 0.447. The minimum atomic E-state index is 0.117. The van der Waals surface area contributed by atoms with Gasteiger partial charge in [0.25, 0.3) is 0 Å². The highest BCUT2D eigenvalue weighted by atomic mass is 16.5. The summed E-state index contributed by atoms with van der Waals surface area (Å²) >= 11 is 0. The van der Waals surface area contributed by atoms with E-state index in [1.54, 1.807) is 6.20 Å². The lowest BCUT2D eigenvalue weighted by molar-refractivity contribution is -0.0817. The molecule has 7 nitrogen and oxygen atoms in total. The van der Waals surface area contributed by atoms with E-state index in [4.69, 9.17) is 14.2 Å². The van der Waals surface area contributed by atoms with Crippen molar-refractivity contribution in [3.63, 3.8) is 0 Å². The van der Waals surface area contributed by atoms with Crippen molar-refractivity contribution >= 4 is 5.96 Å². The first kappa shape index (κ1) is 19.9. The number of hydrogen-bond donors (Lipinski definition) is 1. The minimum absolute atomic E-state index is 0.117. The second kappa shape index (κ2) is 10.5. The van der Waals surface area contributed by atoms with E-state index in [2.05, 4.69) is 27.1 Å². The number of aromatic nitrogens is 1. The molecule has 0 spiro atoms. The molecule has 2 aliphatic heterocycles. The van der Waals surface area contributed by atoms with Gasteiger partial charge in [-0.15, -0.1) is 0 Å².